The lowest BCUT2D eigenvalue weighted by Crippen LogP contribution is -2.17. The molecule has 2 aromatic carbocycles. The second kappa shape index (κ2) is 11.6. The monoisotopic (exact) mass is 496 g/mol. The van der Waals surface area contributed by atoms with Crippen LogP contribution in [0.4, 0.5) is 13.2 Å². The van der Waals surface area contributed by atoms with E-state index in [-0.39, 0.29) is 16.9 Å². The van der Waals surface area contributed by atoms with Crippen molar-refractivity contribution in [2.75, 3.05) is 0 Å². The summed E-state index contributed by atoms with van der Waals surface area (Å²) >= 11 is 0. The fraction of sp³-hybridized carbons (Fsp3) is 0.214. The van der Waals surface area contributed by atoms with E-state index in [0.29, 0.717) is 11.6 Å². The Labute approximate surface area is 207 Å². The Morgan fingerprint density at radius 3 is 1.94 bits per heavy atom. The van der Waals surface area contributed by atoms with Crippen LogP contribution >= 0.6 is 0 Å². The molecule has 0 saturated carbocycles. The number of benzene rings is 2. The number of aryl methyl sites for hydroxylation is 1. The highest BCUT2D eigenvalue weighted by Crippen LogP contribution is 2.23. The number of hydrogen-bond donors (Lipinski definition) is 0. The molecule has 0 fully saturated rings. The second-order valence-corrected chi connectivity index (χ2v) is 8.63. The summed E-state index contributed by atoms with van der Waals surface area (Å²) in [6.45, 7) is 6.40. The zero-order valence-electron chi connectivity index (χ0n) is 20.2. The number of rotatable bonds is 5. The van der Waals surface area contributed by atoms with Crippen LogP contribution in [0.3, 0.4) is 0 Å². The van der Waals surface area contributed by atoms with Gasteiger partial charge >= 0.3 is 6.36 Å². The minimum absolute atomic E-state index is 0.0113. The number of nitrogens with zero attached hydrogens (tertiary/aromatic N) is 2. The molecule has 188 valence electrons. The van der Waals surface area contributed by atoms with E-state index in [4.69, 9.17) is 0 Å². The molecule has 0 N–H and O–H groups in total. The first-order valence-electron chi connectivity index (χ1n) is 11.3. The molecule has 36 heavy (non-hydrogen) atoms. The van der Waals surface area contributed by atoms with Crippen molar-refractivity contribution in [3.8, 4) is 17.1 Å². The Morgan fingerprint density at radius 2 is 1.36 bits per heavy atom. The van der Waals surface area contributed by atoms with Crippen LogP contribution < -0.4 is 15.9 Å². The molecule has 4 rings (SSSR count). The van der Waals surface area contributed by atoms with E-state index in [1.807, 2.05) is 31.3 Å². The lowest BCUT2D eigenvalue weighted by molar-refractivity contribution is -0.274. The molecule has 0 unspecified atom stereocenters. The van der Waals surface area contributed by atoms with Gasteiger partial charge in [0.15, 0.2) is 0 Å². The Bertz CT molecular complexity index is 1390. The fourth-order valence-corrected chi connectivity index (χ4v) is 3.51. The molecule has 4 aromatic rings. The predicted octanol–water partition coefficient (Wildman–Crippen LogP) is 6.08. The number of halogens is 3. The van der Waals surface area contributed by atoms with Crippen LogP contribution in [-0.4, -0.2) is 15.5 Å². The quantitative estimate of drug-likeness (QED) is 0.337. The molecule has 0 aliphatic heterocycles. The van der Waals surface area contributed by atoms with Crippen LogP contribution in [0, 0.1) is 12.8 Å². The molecule has 0 atom stereocenters. The zero-order chi connectivity index (χ0) is 26.3. The third kappa shape index (κ3) is 7.73. The van der Waals surface area contributed by atoms with Crippen LogP contribution in [0.5, 0.6) is 5.75 Å². The van der Waals surface area contributed by atoms with Gasteiger partial charge in [-0.1, -0.05) is 38.1 Å². The van der Waals surface area contributed by atoms with E-state index in [0.717, 1.165) is 29.8 Å². The molecule has 2 aromatic heterocycles. The summed E-state index contributed by atoms with van der Waals surface area (Å²) in [5, 5.41) is 0. The summed E-state index contributed by atoms with van der Waals surface area (Å²) < 4.78 is 42.6. The first-order valence-corrected chi connectivity index (χ1v) is 11.3. The number of hydrogen-bond acceptors (Lipinski definition) is 3. The van der Waals surface area contributed by atoms with Crippen molar-refractivity contribution >= 4 is 0 Å². The maximum atomic E-state index is 12.0. The highest BCUT2D eigenvalue weighted by Gasteiger charge is 2.30. The molecule has 0 spiro atoms. The first kappa shape index (κ1) is 26.5. The normalized spacial score (nSPS) is 11.1. The smallest absolute Gasteiger partial charge is 0.406 e. The first-order chi connectivity index (χ1) is 17.0. The lowest BCUT2D eigenvalue weighted by Gasteiger charge is -2.10. The number of ether oxygens (including phenoxy) is 1. The Morgan fingerprint density at radius 1 is 0.778 bits per heavy atom. The van der Waals surface area contributed by atoms with Crippen LogP contribution in [-0.2, 0) is 6.42 Å². The Kier molecular flexibility index (Phi) is 8.53. The highest BCUT2D eigenvalue weighted by molar-refractivity contribution is 5.38. The fourth-order valence-electron chi connectivity index (χ4n) is 3.51. The molecule has 0 amide bonds. The predicted molar refractivity (Wildman–Crippen MR) is 134 cm³/mol. The lowest BCUT2D eigenvalue weighted by atomic mass is 10.0. The van der Waals surface area contributed by atoms with Gasteiger partial charge in [-0.25, -0.2) is 0 Å². The third-order valence-electron chi connectivity index (χ3n) is 5.09. The molecule has 5 nitrogen and oxygen atoms in total. The summed E-state index contributed by atoms with van der Waals surface area (Å²) in [6, 6.07) is 21.3. The molecular weight excluding hydrogens is 469 g/mol. The minimum Gasteiger partial charge on any atom is -0.406 e. The van der Waals surface area contributed by atoms with Gasteiger partial charge in [0.2, 0.25) is 0 Å². The average molecular weight is 497 g/mol. The van der Waals surface area contributed by atoms with E-state index in [1.54, 1.807) is 22.8 Å². The molecule has 0 aliphatic rings. The molecule has 0 radical (unpaired) electrons. The van der Waals surface area contributed by atoms with Crippen LogP contribution in [0.1, 0.15) is 25.0 Å². The van der Waals surface area contributed by atoms with Crippen LogP contribution in [0.15, 0.2) is 101 Å². The van der Waals surface area contributed by atoms with Gasteiger partial charge in [-0.15, -0.1) is 13.2 Å². The Hall–Kier alpha value is -4.07. The molecule has 0 aliphatic carbocycles. The summed E-state index contributed by atoms with van der Waals surface area (Å²) in [5.41, 5.74) is 3.54. The minimum atomic E-state index is -4.72. The van der Waals surface area contributed by atoms with Crippen molar-refractivity contribution in [3.63, 3.8) is 0 Å². The summed E-state index contributed by atoms with van der Waals surface area (Å²) in [6.07, 6.45) is -0.240. The van der Waals surface area contributed by atoms with Gasteiger partial charge in [-0.05, 0) is 72.9 Å². The molecular formula is C28H27F3N2O3. The third-order valence-corrected chi connectivity index (χ3v) is 5.09. The van der Waals surface area contributed by atoms with E-state index < -0.39 is 6.36 Å². The van der Waals surface area contributed by atoms with Gasteiger partial charge in [0.1, 0.15) is 5.75 Å². The summed E-state index contributed by atoms with van der Waals surface area (Å²) in [5.74, 6) is 0.327. The molecule has 0 saturated heterocycles. The Balaban J connectivity index is 0.000000201. The van der Waals surface area contributed by atoms with Crippen molar-refractivity contribution in [1.29, 1.82) is 0 Å². The molecule has 0 bridgehead atoms. The van der Waals surface area contributed by atoms with E-state index in [2.05, 4.69) is 30.7 Å². The van der Waals surface area contributed by atoms with Gasteiger partial charge in [-0.2, -0.15) is 0 Å². The van der Waals surface area contributed by atoms with E-state index >= 15 is 0 Å². The topological polar surface area (TPSA) is 53.2 Å². The standard InChI is InChI=1S/C16H19NO.C12H8F3NO2/c1-12(2)10-14-5-7-15(8-6-14)17-11-13(3)4-9-16(17)18;13-12(14,15)18-10-6-4-9(5-7-10)16-8-2-1-3-11(16)17/h4-9,11-12H,10H2,1-3H3;1-8H. The van der Waals surface area contributed by atoms with E-state index in [1.165, 1.54) is 34.5 Å². The van der Waals surface area contributed by atoms with Gasteiger partial charge in [-0.3, -0.25) is 18.7 Å². The maximum Gasteiger partial charge on any atom is 0.573 e. The van der Waals surface area contributed by atoms with Gasteiger partial charge in [0.25, 0.3) is 11.1 Å². The van der Waals surface area contributed by atoms with Crippen LogP contribution in [0.2, 0.25) is 0 Å². The largest absolute Gasteiger partial charge is 0.573 e. The second-order valence-electron chi connectivity index (χ2n) is 8.63. The summed E-state index contributed by atoms with van der Waals surface area (Å²) in [4.78, 5) is 23.3. The number of pyridine rings is 2. The number of aromatic nitrogens is 2. The van der Waals surface area contributed by atoms with Gasteiger partial charge < -0.3 is 4.74 Å². The highest BCUT2D eigenvalue weighted by atomic mass is 19.4. The van der Waals surface area contributed by atoms with Gasteiger partial charge in [0.05, 0.1) is 0 Å². The maximum absolute atomic E-state index is 12.0. The molecule has 2 heterocycles. The number of alkyl halides is 3. The van der Waals surface area contributed by atoms with E-state index in [9.17, 15) is 22.8 Å². The average Bonchev–Trinajstić information content (AvgIpc) is 2.81. The van der Waals surface area contributed by atoms with Crippen molar-refractivity contribution < 1.29 is 17.9 Å². The SMILES string of the molecule is Cc1ccc(=O)n(-c2ccc(CC(C)C)cc2)c1.O=c1ccccn1-c1ccc(OC(F)(F)F)cc1. The van der Waals surface area contributed by atoms with Crippen molar-refractivity contribution in [2.24, 2.45) is 5.92 Å². The van der Waals surface area contributed by atoms with Gasteiger partial charge in [0, 0.05) is 35.9 Å². The van der Waals surface area contributed by atoms with Crippen molar-refractivity contribution in [3.05, 3.63) is 123 Å². The zero-order valence-corrected chi connectivity index (χ0v) is 20.2. The summed E-state index contributed by atoms with van der Waals surface area (Å²) in [7, 11) is 0. The van der Waals surface area contributed by atoms with Crippen LogP contribution in [0.25, 0.3) is 11.4 Å². The molecule has 8 heteroatoms. The van der Waals surface area contributed by atoms with Crippen molar-refractivity contribution in [1.82, 2.24) is 9.13 Å². The van der Waals surface area contributed by atoms with Crippen molar-refractivity contribution in [2.45, 2.75) is 33.6 Å².